The van der Waals surface area contributed by atoms with Crippen molar-refractivity contribution in [2.45, 2.75) is 32.5 Å². The molecule has 0 bridgehead atoms. The van der Waals surface area contributed by atoms with Gasteiger partial charge in [0.15, 0.2) is 6.10 Å². The summed E-state index contributed by atoms with van der Waals surface area (Å²) in [6, 6.07) is 9.89. The maximum atomic E-state index is 12.8. The number of hydrogen-bond donors (Lipinski definition) is 1. The Morgan fingerprint density at radius 1 is 1.20 bits per heavy atom. The molecule has 1 amide bonds. The summed E-state index contributed by atoms with van der Waals surface area (Å²) in [5.74, 6) is -0.0629. The lowest BCUT2D eigenvalue weighted by Crippen LogP contribution is -2.32. The fraction of sp³-hybridized carbons (Fsp3) is 0.278. The van der Waals surface area contributed by atoms with E-state index in [1.54, 1.807) is 19.1 Å². The van der Waals surface area contributed by atoms with Gasteiger partial charge < -0.3 is 10.1 Å². The molecule has 2 rings (SSSR count). The minimum atomic E-state index is -4.52. The predicted octanol–water partition coefficient (Wildman–Crippen LogP) is 5.46. The number of aryl methyl sites for hydroxylation is 1. The van der Waals surface area contributed by atoms with Crippen molar-refractivity contribution in [1.82, 2.24) is 0 Å². The third-order valence-corrected chi connectivity index (χ3v) is 3.84. The quantitative estimate of drug-likeness (QED) is 0.757. The number of halogens is 4. The van der Waals surface area contributed by atoms with Crippen LogP contribution in [-0.4, -0.2) is 12.0 Å². The molecule has 0 aromatic heterocycles. The summed E-state index contributed by atoms with van der Waals surface area (Å²) in [5, 5.41) is 2.43. The molecule has 2 aromatic carbocycles. The van der Waals surface area contributed by atoms with E-state index < -0.39 is 23.8 Å². The van der Waals surface area contributed by atoms with Crippen molar-refractivity contribution < 1.29 is 22.7 Å². The van der Waals surface area contributed by atoms with Crippen LogP contribution in [0.1, 0.15) is 24.5 Å². The maximum Gasteiger partial charge on any atom is 0.416 e. The van der Waals surface area contributed by atoms with Crippen LogP contribution in [0, 0.1) is 6.92 Å². The second-order valence-electron chi connectivity index (χ2n) is 5.51. The summed E-state index contributed by atoms with van der Waals surface area (Å²) in [5.41, 5.74) is 0.0488. The normalized spacial score (nSPS) is 12.6. The lowest BCUT2D eigenvalue weighted by molar-refractivity contribution is -0.137. The molecule has 3 nitrogen and oxygen atoms in total. The van der Waals surface area contributed by atoms with Crippen LogP contribution in [0.5, 0.6) is 5.75 Å². The molecule has 0 aliphatic carbocycles. The molecular formula is C18H17ClF3NO2. The molecule has 0 radical (unpaired) electrons. The number of anilines is 1. The van der Waals surface area contributed by atoms with E-state index in [9.17, 15) is 18.0 Å². The number of alkyl halides is 3. The maximum absolute atomic E-state index is 12.8. The van der Waals surface area contributed by atoms with Crippen LogP contribution in [-0.2, 0) is 11.0 Å². The number of benzene rings is 2. The average molecular weight is 372 g/mol. The van der Waals surface area contributed by atoms with Crippen LogP contribution in [0.4, 0.5) is 18.9 Å². The van der Waals surface area contributed by atoms with Gasteiger partial charge in [0.05, 0.1) is 16.3 Å². The van der Waals surface area contributed by atoms with E-state index in [0.29, 0.717) is 12.2 Å². The summed E-state index contributed by atoms with van der Waals surface area (Å²) in [6.07, 6.45) is -5.03. The standard InChI is InChI=1S/C18H17ClF3NO2/c1-3-16(25-13-7-4-11(2)5-8-13)17(24)23-15-10-12(18(20,21)22)6-9-14(15)19/h4-10,16H,3H2,1-2H3,(H,23,24)/t16-/m1/s1. The Labute approximate surface area is 148 Å². The number of amides is 1. The Morgan fingerprint density at radius 2 is 1.84 bits per heavy atom. The second-order valence-corrected chi connectivity index (χ2v) is 5.92. The molecule has 0 aliphatic heterocycles. The Hall–Kier alpha value is -2.21. The Balaban J connectivity index is 2.15. The van der Waals surface area contributed by atoms with Gasteiger partial charge >= 0.3 is 6.18 Å². The molecule has 2 aromatic rings. The molecule has 1 N–H and O–H groups in total. The molecule has 7 heteroatoms. The Morgan fingerprint density at radius 3 is 2.40 bits per heavy atom. The van der Waals surface area contributed by atoms with Crippen molar-refractivity contribution in [3.63, 3.8) is 0 Å². The monoisotopic (exact) mass is 371 g/mol. The largest absolute Gasteiger partial charge is 0.481 e. The number of carbonyl (C=O) groups is 1. The minimum absolute atomic E-state index is 0.0199. The highest BCUT2D eigenvalue weighted by atomic mass is 35.5. The first-order valence-corrected chi connectivity index (χ1v) is 7.99. The molecule has 0 saturated heterocycles. The van der Waals surface area contributed by atoms with E-state index in [1.807, 2.05) is 19.1 Å². The van der Waals surface area contributed by atoms with Crippen LogP contribution in [0.2, 0.25) is 5.02 Å². The molecule has 0 heterocycles. The van der Waals surface area contributed by atoms with Crippen LogP contribution < -0.4 is 10.1 Å². The van der Waals surface area contributed by atoms with Crippen LogP contribution in [0.3, 0.4) is 0 Å². The van der Waals surface area contributed by atoms with Gasteiger partial charge in [-0.05, 0) is 43.7 Å². The zero-order chi connectivity index (χ0) is 18.6. The molecule has 134 valence electrons. The number of hydrogen-bond acceptors (Lipinski definition) is 2. The van der Waals surface area contributed by atoms with Gasteiger partial charge in [-0.3, -0.25) is 4.79 Å². The highest BCUT2D eigenvalue weighted by Crippen LogP contribution is 2.34. The van der Waals surface area contributed by atoms with E-state index in [2.05, 4.69) is 5.32 Å². The summed E-state index contributed by atoms with van der Waals surface area (Å²) in [4.78, 5) is 12.4. The zero-order valence-corrected chi connectivity index (χ0v) is 14.4. The first-order chi connectivity index (χ1) is 11.7. The number of carbonyl (C=O) groups excluding carboxylic acids is 1. The molecule has 0 saturated carbocycles. The van der Waals surface area contributed by atoms with Crippen molar-refractivity contribution in [2.24, 2.45) is 0 Å². The third-order valence-electron chi connectivity index (χ3n) is 3.51. The molecule has 0 aliphatic rings. The average Bonchev–Trinajstić information content (AvgIpc) is 2.55. The zero-order valence-electron chi connectivity index (χ0n) is 13.7. The van der Waals surface area contributed by atoms with Crippen molar-refractivity contribution in [1.29, 1.82) is 0 Å². The van der Waals surface area contributed by atoms with Crippen LogP contribution in [0.15, 0.2) is 42.5 Å². The Kier molecular flexibility index (Phi) is 5.95. The van der Waals surface area contributed by atoms with E-state index in [4.69, 9.17) is 16.3 Å². The lowest BCUT2D eigenvalue weighted by Gasteiger charge is -2.18. The number of nitrogens with one attached hydrogen (secondary N) is 1. The topological polar surface area (TPSA) is 38.3 Å². The first-order valence-electron chi connectivity index (χ1n) is 7.61. The predicted molar refractivity (Wildman–Crippen MR) is 91.0 cm³/mol. The van der Waals surface area contributed by atoms with Crippen molar-refractivity contribution in [3.8, 4) is 5.75 Å². The smallest absolute Gasteiger partial charge is 0.416 e. The van der Waals surface area contributed by atoms with Gasteiger partial charge in [-0.2, -0.15) is 13.2 Å². The van der Waals surface area contributed by atoms with Crippen molar-refractivity contribution in [2.75, 3.05) is 5.32 Å². The van der Waals surface area contributed by atoms with Gasteiger partial charge in [-0.15, -0.1) is 0 Å². The second kappa shape index (κ2) is 7.78. The molecule has 0 fully saturated rings. The molecule has 0 unspecified atom stereocenters. The highest BCUT2D eigenvalue weighted by molar-refractivity contribution is 6.33. The molecular weight excluding hydrogens is 355 g/mol. The lowest BCUT2D eigenvalue weighted by atomic mass is 10.1. The fourth-order valence-electron chi connectivity index (χ4n) is 2.11. The summed E-state index contributed by atoms with van der Waals surface area (Å²) < 4.78 is 44.0. The van der Waals surface area contributed by atoms with E-state index >= 15 is 0 Å². The van der Waals surface area contributed by atoms with Crippen molar-refractivity contribution >= 4 is 23.2 Å². The van der Waals surface area contributed by atoms with Gasteiger partial charge in [0.1, 0.15) is 5.75 Å². The van der Waals surface area contributed by atoms with Gasteiger partial charge in [0.25, 0.3) is 5.91 Å². The fourth-order valence-corrected chi connectivity index (χ4v) is 2.28. The molecule has 25 heavy (non-hydrogen) atoms. The van der Waals surface area contributed by atoms with Gasteiger partial charge in [-0.1, -0.05) is 36.2 Å². The van der Waals surface area contributed by atoms with Crippen molar-refractivity contribution in [3.05, 3.63) is 58.6 Å². The third kappa shape index (κ3) is 5.13. The van der Waals surface area contributed by atoms with Gasteiger partial charge in [-0.25, -0.2) is 0 Å². The minimum Gasteiger partial charge on any atom is -0.481 e. The van der Waals surface area contributed by atoms with Crippen LogP contribution >= 0.6 is 11.6 Å². The highest BCUT2D eigenvalue weighted by Gasteiger charge is 2.31. The molecule has 0 spiro atoms. The Bertz CT molecular complexity index is 745. The van der Waals surface area contributed by atoms with Gasteiger partial charge in [0, 0.05) is 0 Å². The van der Waals surface area contributed by atoms with Crippen LogP contribution in [0.25, 0.3) is 0 Å². The van der Waals surface area contributed by atoms with E-state index in [-0.39, 0.29) is 10.7 Å². The number of rotatable bonds is 5. The summed E-state index contributed by atoms with van der Waals surface area (Å²) >= 11 is 5.89. The summed E-state index contributed by atoms with van der Waals surface area (Å²) in [7, 11) is 0. The number of ether oxygens (including phenoxy) is 1. The first kappa shape index (κ1) is 19.1. The van der Waals surface area contributed by atoms with E-state index in [1.165, 1.54) is 0 Å². The van der Waals surface area contributed by atoms with E-state index in [0.717, 1.165) is 23.8 Å². The SMILES string of the molecule is CC[C@@H](Oc1ccc(C)cc1)C(=O)Nc1cc(C(F)(F)F)ccc1Cl. The van der Waals surface area contributed by atoms with Gasteiger partial charge in [0.2, 0.25) is 0 Å². The summed E-state index contributed by atoms with van der Waals surface area (Å²) in [6.45, 7) is 3.66. The molecule has 1 atom stereocenters.